The number of rotatable bonds is 3. The number of alkyl halides is 1. The van der Waals surface area contributed by atoms with Crippen LogP contribution in [0, 0.1) is 29.1 Å². The van der Waals surface area contributed by atoms with Gasteiger partial charge in [0.25, 0.3) is 0 Å². The van der Waals surface area contributed by atoms with E-state index in [9.17, 15) is 9.18 Å². The van der Waals surface area contributed by atoms with E-state index in [1.54, 1.807) is 0 Å². The topological polar surface area (TPSA) is 56.1 Å². The van der Waals surface area contributed by atoms with Gasteiger partial charge in [0, 0.05) is 12.0 Å². The van der Waals surface area contributed by atoms with Gasteiger partial charge in [-0.25, -0.2) is 4.39 Å². The van der Waals surface area contributed by atoms with E-state index in [4.69, 9.17) is 5.26 Å². The molecule has 0 aromatic carbocycles. The summed E-state index contributed by atoms with van der Waals surface area (Å²) < 4.78 is 13.5. The average Bonchev–Trinajstić information content (AvgIpc) is 2.85. The Morgan fingerprint density at radius 2 is 1.74 bits per heavy atom. The molecule has 4 aliphatic carbocycles. The standard InChI is InChI=1S/C17H24FN3O.ClH/c18-14-4-15(8-19)21(10-14)16(22)9-20-17-5-11-1-12(6-17)3-13(2-11)7-17;/h11-15,20H,1-7,9-10H2;1H/t11?,12?,13?,14-,15-,17?;/m0./s1. The molecule has 23 heavy (non-hydrogen) atoms. The van der Waals surface area contributed by atoms with E-state index in [1.807, 2.05) is 0 Å². The first-order valence-corrected chi connectivity index (χ1v) is 8.65. The van der Waals surface area contributed by atoms with Gasteiger partial charge in [-0.3, -0.25) is 4.79 Å². The highest BCUT2D eigenvalue weighted by Gasteiger charge is 2.51. The van der Waals surface area contributed by atoms with Crippen molar-refractivity contribution in [3.63, 3.8) is 0 Å². The van der Waals surface area contributed by atoms with Crippen LogP contribution < -0.4 is 5.32 Å². The Labute approximate surface area is 143 Å². The summed E-state index contributed by atoms with van der Waals surface area (Å²) in [6.45, 7) is 0.344. The Bertz CT molecular complexity index is 485. The van der Waals surface area contributed by atoms with Gasteiger partial charge in [0.1, 0.15) is 12.2 Å². The third kappa shape index (κ3) is 3.08. The van der Waals surface area contributed by atoms with E-state index in [-0.39, 0.29) is 43.4 Å². The molecule has 2 atom stereocenters. The fraction of sp³-hybridized carbons (Fsp3) is 0.882. The maximum absolute atomic E-state index is 13.5. The lowest BCUT2D eigenvalue weighted by Crippen LogP contribution is -2.60. The SMILES string of the molecule is Cl.N#C[C@@H]1C[C@H](F)CN1C(=O)CNC12CC3CC(CC(C3)C1)C2. The van der Waals surface area contributed by atoms with Crippen LogP contribution in [0.15, 0.2) is 0 Å². The van der Waals surface area contributed by atoms with Crippen LogP contribution in [0.2, 0.25) is 0 Å². The number of nitrogens with zero attached hydrogens (tertiary/aromatic N) is 2. The van der Waals surface area contributed by atoms with Crippen molar-refractivity contribution in [3.05, 3.63) is 0 Å². The quantitative estimate of drug-likeness (QED) is 0.857. The molecule has 4 saturated carbocycles. The maximum Gasteiger partial charge on any atom is 0.237 e. The lowest BCUT2D eigenvalue weighted by Gasteiger charge is -2.57. The van der Waals surface area contributed by atoms with E-state index in [0.29, 0.717) is 0 Å². The molecule has 5 rings (SSSR count). The van der Waals surface area contributed by atoms with Crippen molar-refractivity contribution in [2.24, 2.45) is 17.8 Å². The highest BCUT2D eigenvalue weighted by Crippen LogP contribution is 2.55. The summed E-state index contributed by atoms with van der Waals surface area (Å²) in [5, 5.41) is 12.6. The smallest absolute Gasteiger partial charge is 0.237 e. The second-order valence-corrected chi connectivity index (χ2v) is 8.08. The van der Waals surface area contributed by atoms with Crippen molar-refractivity contribution in [1.29, 1.82) is 5.26 Å². The van der Waals surface area contributed by atoms with Gasteiger partial charge in [-0.05, 0) is 56.3 Å². The van der Waals surface area contributed by atoms with Crippen molar-refractivity contribution in [2.75, 3.05) is 13.1 Å². The summed E-state index contributed by atoms with van der Waals surface area (Å²) in [6, 6.07) is 1.47. The van der Waals surface area contributed by atoms with Crippen molar-refractivity contribution < 1.29 is 9.18 Å². The monoisotopic (exact) mass is 341 g/mol. The van der Waals surface area contributed by atoms with Crippen LogP contribution in [-0.2, 0) is 4.79 Å². The zero-order valence-corrected chi connectivity index (χ0v) is 14.2. The van der Waals surface area contributed by atoms with Crippen LogP contribution in [0.1, 0.15) is 44.9 Å². The normalized spacial score (nSPS) is 44.0. The molecular weight excluding hydrogens is 317 g/mol. The largest absolute Gasteiger partial charge is 0.323 e. The van der Waals surface area contributed by atoms with Crippen molar-refractivity contribution in [2.45, 2.75) is 62.7 Å². The van der Waals surface area contributed by atoms with E-state index >= 15 is 0 Å². The van der Waals surface area contributed by atoms with Gasteiger partial charge >= 0.3 is 0 Å². The number of carbonyl (C=O) groups is 1. The molecule has 1 saturated heterocycles. The summed E-state index contributed by atoms with van der Waals surface area (Å²) in [7, 11) is 0. The van der Waals surface area contributed by atoms with Crippen molar-refractivity contribution >= 4 is 18.3 Å². The fourth-order valence-electron chi connectivity index (χ4n) is 5.87. The summed E-state index contributed by atoms with van der Waals surface area (Å²) in [5.74, 6) is 2.40. The molecule has 1 N–H and O–H groups in total. The Morgan fingerprint density at radius 1 is 1.17 bits per heavy atom. The third-order valence-electron chi connectivity index (χ3n) is 6.37. The lowest BCUT2D eigenvalue weighted by molar-refractivity contribution is -0.131. The Balaban J connectivity index is 0.00000156. The van der Waals surface area contributed by atoms with Gasteiger partial charge in [0.2, 0.25) is 5.91 Å². The molecule has 1 amide bonds. The van der Waals surface area contributed by atoms with E-state index in [2.05, 4.69) is 11.4 Å². The minimum Gasteiger partial charge on any atom is -0.323 e. The second-order valence-electron chi connectivity index (χ2n) is 8.08. The van der Waals surface area contributed by atoms with Crippen LogP contribution in [0.3, 0.4) is 0 Å². The molecule has 0 aromatic rings. The number of nitriles is 1. The van der Waals surface area contributed by atoms with E-state index in [1.165, 1.54) is 43.4 Å². The summed E-state index contributed by atoms with van der Waals surface area (Å²) in [6.07, 6.45) is 6.83. The number of hydrogen-bond donors (Lipinski definition) is 1. The van der Waals surface area contributed by atoms with Crippen LogP contribution >= 0.6 is 12.4 Å². The molecule has 1 heterocycles. The first kappa shape index (κ1) is 17.0. The Morgan fingerprint density at radius 3 is 2.26 bits per heavy atom. The van der Waals surface area contributed by atoms with Crippen LogP contribution in [0.4, 0.5) is 4.39 Å². The Hall–Kier alpha value is -0.860. The van der Waals surface area contributed by atoms with Crippen molar-refractivity contribution in [3.8, 4) is 6.07 Å². The number of amides is 1. The van der Waals surface area contributed by atoms with Gasteiger partial charge in [-0.15, -0.1) is 12.4 Å². The number of nitrogens with one attached hydrogen (secondary N) is 1. The minimum absolute atomic E-state index is 0. The molecule has 0 unspecified atom stereocenters. The maximum atomic E-state index is 13.5. The molecule has 128 valence electrons. The molecule has 0 spiro atoms. The van der Waals surface area contributed by atoms with Gasteiger partial charge in [0.05, 0.1) is 19.2 Å². The zero-order valence-electron chi connectivity index (χ0n) is 13.3. The lowest BCUT2D eigenvalue weighted by atomic mass is 9.53. The fourth-order valence-corrected chi connectivity index (χ4v) is 5.87. The molecule has 4 nitrogen and oxygen atoms in total. The predicted molar refractivity (Wildman–Crippen MR) is 86.8 cm³/mol. The number of carbonyl (C=O) groups excluding carboxylic acids is 1. The van der Waals surface area contributed by atoms with Gasteiger partial charge in [-0.1, -0.05) is 0 Å². The summed E-state index contributed by atoms with van der Waals surface area (Å²) in [4.78, 5) is 13.8. The van der Waals surface area contributed by atoms with E-state index < -0.39 is 12.2 Å². The number of hydrogen-bond acceptors (Lipinski definition) is 3. The number of likely N-dealkylation sites (tertiary alicyclic amines) is 1. The third-order valence-corrected chi connectivity index (χ3v) is 6.37. The van der Waals surface area contributed by atoms with Crippen molar-refractivity contribution in [1.82, 2.24) is 10.2 Å². The summed E-state index contributed by atoms with van der Waals surface area (Å²) >= 11 is 0. The van der Waals surface area contributed by atoms with E-state index in [0.717, 1.165) is 17.8 Å². The molecule has 5 aliphatic rings. The van der Waals surface area contributed by atoms with Gasteiger partial charge in [0.15, 0.2) is 0 Å². The first-order valence-electron chi connectivity index (χ1n) is 8.65. The molecule has 0 aromatic heterocycles. The average molecular weight is 342 g/mol. The molecular formula is C17H25ClFN3O. The minimum atomic E-state index is -1.05. The highest BCUT2D eigenvalue weighted by atomic mass is 35.5. The van der Waals surface area contributed by atoms with Gasteiger partial charge < -0.3 is 10.2 Å². The molecule has 4 bridgehead atoms. The van der Waals surface area contributed by atoms with Crippen LogP contribution in [0.5, 0.6) is 0 Å². The molecule has 5 fully saturated rings. The molecule has 0 radical (unpaired) electrons. The predicted octanol–water partition coefficient (Wildman–Crippen LogP) is 2.43. The number of halogens is 2. The first-order chi connectivity index (χ1) is 10.6. The second kappa shape index (κ2) is 6.22. The Kier molecular flexibility index (Phi) is 4.59. The molecule has 6 heteroatoms. The zero-order chi connectivity index (χ0) is 15.3. The van der Waals surface area contributed by atoms with Crippen LogP contribution in [-0.4, -0.2) is 41.6 Å². The van der Waals surface area contributed by atoms with Crippen LogP contribution in [0.25, 0.3) is 0 Å². The highest BCUT2D eigenvalue weighted by molar-refractivity contribution is 5.85. The summed E-state index contributed by atoms with van der Waals surface area (Å²) in [5.41, 5.74) is 0.140. The molecule has 1 aliphatic heterocycles. The van der Waals surface area contributed by atoms with Gasteiger partial charge in [-0.2, -0.15) is 5.26 Å².